The fourth-order valence-electron chi connectivity index (χ4n) is 3.12. The number of hydrogen-bond donors (Lipinski definition) is 1. The molecule has 11 heteroatoms. The lowest BCUT2D eigenvalue weighted by atomic mass is 10.0. The number of nitrogens with one attached hydrogen (secondary N) is 1. The second-order valence-corrected chi connectivity index (χ2v) is 9.34. The van der Waals surface area contributed by atoms with Crippen LogP contribution in [-0.4, -0.2) is 57.3 Å². The first-order valence-electron chi connectivity index (χ1n) is 10.2. The van der Waals surface area contributed by atoms with Crippen molar-refractivity contribution >= 4 is 34.7 Å². The molecule has 0 aliphatic rings. The van der Waals surface area contributed by atoms with Crippen molar-refractivity contribution in [2.75, 3.05) is 7.11 Å². The van der Waals surface area contributed by atoms with Crippen LogP contribution in [0.1, 0.15) is 47.1 Å². The van der Waals surface area contributed by atoms with Gasteiger partial charge in [0.25, 0.3) is 5.69 Å². The molecule has 0 unspecified atom stereocenters. The molecule has 0 spiro atoms. The number of aromatic nitrogens is 1. The zero-order valence-electron chi connectivity index (χ0n) is 19.8. The van der Waals surface area contributed by atoms with Gasteiger partial charge < -0.3 is 19.2 Å². The zero-order valence-corrected chi connectivity index (χ0v) is 19.8. The van der Waals surface area contributed by atoms with Gasteiger partial charge in [-0.05, 0) is 53.2 Å². The Hall–Kier alpha value is -3.63. The van der Waals surface area contributed by atoms with E-state index in [1.165, 1.54) is 18.3 Å². The van der Waals surface area contributed by atoms with Crippen molar-refractivity contribution < 1.29 is 33.5 Å². The summed E-state index contributed by atoms with van der Waals surface area (Å²) >= 11 is 0. The zero-order chi connectivity index (χ0) is 25.1. The Morgan fingerprint density at radius 2 is 1.61 bits per heavy atom. The number of aromatic amines is 1. The maximum absolute atomic E-state index is 13.0. The van der Waals surface area contributed by atoms with Gasteiger partial charge in [-0.3, -0.25) is 10.1 Å². The van der Waals surface area contributed by atoms with Crippen LogP contribution < -0.4 is 0 Å². The predicted octanol–water partition coefficient (Wildman–Crippen LogP) is 4.33. The van der Waals surface area contributed by atoms with Crippen LogP contribution >= 0.6 is 0 Å². The number of amides is 2. The van der Waals surface area contributed by atoms with Gasteiger partial charge in [-0.25, -0.2) is 14.4 Å². The van der Waals surface area contributed by atoms with Gasteiger partial charge in [0, 0.05) is 18.7 Å². The molecular formula is C22H29N3O8. The molecule has 1 heterocycles. The van der Waals surface area contributed by atoms with E-state index in [1.807, 2.05) is 0 Å². The van der Waals surface area contributed by atoms with Gasteiger partial charge in [0.15, 0.2) is 0 Å². The lowest BCUT2D eigenvalue weighted by molar-refractivity contribution is -0.383. The van der Waals surface area contributed by atoms with Crippen molar-refractivity contribution in [3.63, 3.8) is 0 Å². The van der Waals surface area contributed by atoms with Crippen LogP contribution in [0.3, 0.4) is 0 Å². The SMILES string of the molecule is COC(=O)[C@H](Cc1c[nH]c2cccc([N+](=O)[O-])c12)N(C(=O)OC(C)(C)C)C(=O)OC(C)(C)C. The van der Waals surface area contributed by atoms with Gasteiger partial charge in [-0.15, -0.1) is 0 Å². The van der Waals surface area contributed by atoms with E-state index >= 15 is 0 Å². The molecular weight excluding hydrogens is 434 g/mol. The van der Waals surface area contributed by atoms with Crippen molar-refractivity contribution in [3.8, 4) is 0 Å². The van der Waals surface area contributed by atoms with E-state index in [0.717, 1.165) is 7.11 Å². The quantitative estimate of drug-likeness (QED) is 0.299. The average Bonchev–Trinajstić information content (AvgIpc) is 3.06. The number of esters is 1. The lowest BCUT2D eigenvalue weighted by Gasteiger charge is -2.32. The van der Waals surface area contributed by atoms with Gasteiger partial charge in [0.1, 0.15) is 17.2 Å². The van der Waals surface area contributed by atoms with E-state index in [9.17, 15) is 24.5 Å². The highest BCUT2D eigenvalue weighted by molar-refractivity contribution is 5.96. The lowest BCUT2D eigenvalue weighted by Crippen LogP contribution is -2.53. The molecule has 33 heavy (non-hydrogen) atoms. The standard InChI is InChI=1S/C22H29N3O8/c1-21(2,3)32-19(27)24(20(28)33-22(4,5)6)16(18(26)31-7)11-13-12-23-14-9-8-10-15(17(13)14)25(29)30/h8-10,12,16,23H,11H2,1-7H3/t16-/m0/s1. The summed E-state index contributed by atoms with van der Waals surface area (Å²) in [4.78, 5) is 53.2. The minimum Gasteiger partial charge on any atom is -0.467 e. The maximum atomic E-state index is 13.0. The van der Waals surface area contributed by atoms with Crippen LogP contribution in [0.5, 0.6) is 0 Å². The Kier molecular flexibility index (Phi) is 7.36. The van der Waals surface area contributed by atoms with Crippen LogP contribution in [-0.2, 0) is 25.4 Å². The van der Waals surface area contributed by atoms with Crippen LogP contribution in [0.2, 0.25) is 0 Å². The van der Waals surface area contributed by atoms with Gasteiger partial charge in [0.2, 0.25) is 0 Å². The molecule has 0 saturated heterocycles. The van der Waals surface area contributed by atoms with Gasteiger partial charge >= 0.3 is 18.2 Å². The predicted molar refractivity (Wildman–Crippen MR) is 119 cm³/mol. The number of non-ortho nitro benzene ring substituents is 1. The molecule has 2 rings (SSSR count). The van der Waals surface area contributed by atoms with E-state index in [0.29, 0.717) is 16.0 Å². The molecule has 1 aromatic heterocycles. The topological polar surface area (TPSA) is 141 Å². The number of H-pyrrole nitrogens is 1. The molecule has 0 radical (unpaired) electrons. The summed E-state index contributed by atoms with van der Waals surface area (Å²) in [7, 11) is 1.11. The second kappa shape index (κ2) is 9.47. The molecule has 1 N–H and O–H groups in total. The Balaban J connectivity index is 2.59. The number of nitro benzene ring substituents is 1. The first-order chi connectivity index (χ1) is 15.1. The minimum absolute atomic E-state index is 0.187. The summed E-state index contributed by atoms with van der Waals surface area (Å²) in [6.07, 6.45) is -1.01. The molecule has 0 aliphatic carbocycles. The van der Waals surface area contributed by atoms with Crippen molar-refractivity contribution in [1.29, 1.82) is 0 Å². The van der Waals surface area contributed by atoms with Crippen LogP contribution in [0.4, 0.5) is 15.3 Å². The molecule has 180 valence electrons. The van der Waals surface area contributed by atoms with E-state index in [-0.39, 0.29) is 17.5 Å². The Morgan fingerprint density at radius 1 is 1.06 bits per heavy atom. The second-order valence-electron chi connectivity index (χ2n) is 9.34. The summed E-state index contributed by atoms with van der Waals surface area (Å²) in [5, 5.41) is 11.8. The monoisotopic (exact) mass is 463 g/mol. The molecule has 0 aliphatic heterocycles. The molecule has 11 nitrogen and oxygen atoms in total. The Labute approximate surface area is 191 Å². The van der Waals surface area contributed by atoms with E-state index in [4.69, 9.17) is 14.2 Å². The van der Waals surface area contributed by atoms with E-state index < -0.39 is 40.3 Å². The normalized spacial score (nSPS) is 12.7. The van der Waals surface area contributed by atoms with Crippen LogP contribution in [0.25, 0.3) is 10.9 Å². The number of nitrogens with zero attached hydrogens (tertiary/aromatic N) is 2. The summed E-state index contributed by atoms with van der Waals surface area (Å²) in [5.74, 6) is -0.917. The number of ether oxygens (including phenoxy) is 3. The number of rotatable bonds is 5. The number of methoxy groups -OCH3 is 1. The number of fused-ring (bicyclic) bond motifs is 1. The van der Waals surface area contributed by atoms with Gasteiger partial charge in [-0.2, -0.15) is 4.90 Å². The first-order valence-corrected chi connectivity index (χ1v) is 10.2. The summed E-state index contributed by atoms with van der Waals surface area (Å²) in [6.45, 7) is 9.63. The van der Waals surface area contributed by atoms with Crippen LogP contribution in [0, 0.1) is 10.1 Å². The summed E-state index contributed by atoms with van der Waals surface area (Å²) in [5.41, 5.74) is -1.34. The third-order valence-corrected chi connectivity index (χ3v) is 4.34. The van der Waals surface area contributed by atoms with Crippen molar-refractivity contribution in [3.05, 3.63) is 40.1 Å². The number of benzene rings is 1. The Bertz CT molecular complexity index is 1030. The minimum atomic E-state index is -1.50. The summed E-state index contributed by atoms with van der Waals surface area (Å²) < 4.78 is 15.5. The van der Waals surface area contributed by atoms with E-state index in [1.54, 1.807) is 47.6 Å². The molecule has 1 aromatic carbocycles. The maximum Gasteiger partial charge on any atom is 0.420 e. The average molecular weight is 463 g/mol. The molecule has 0 fully saturated rings. The first kappa shape index (κ1) is 25.6. The third-order valence-electron chi connectivity index (χ3n) is 4.34. The molecule has 1 atom stereocenters. The van der Waals surface area contributed by atoms with Gasteiger partial charge in [-0.1, -0.05) is 6.07 Å². The fraction of sp³-hybridized carbons (Fsp3) is 0.500. The van der Waals surface area contributed by atoms with Crippen molar-refractivity contribution in [2.45, 2.75) is 65.2 Å². The number of nitro groups is 1. The highest BCUT2D eigenvalue weighted by Gasteiger charge is 2.41. The molecule has 0 saturated carbocycles. The van der Waals surface area contributed by atoms with Crippen LogP contribution in [0.15, 0.2) is 24.4 Å². The smallest absolute Gasteiger partial charge is 0.420 e. The largest absolute Gasteiger partial charge is 0.467 e. The number of hydrogen-bond acceptors (Lipinski definition) is 8. The molecule has 0 bridgehead atoms. The van der Waals surface area contributed by atoms with E-state index in [2.05, 4.69) is 4.98 Å². The molecule has 2 aromatic rings. The number of imide groups is 1. The van der Waals surface area contributed by atoms with Crippen molar-refractivity contribution in [2.24, 2.45) is 0 Å². The number of carbonyl (C=O) groups is 3. The number of carbonyl (C=O) groups excluding carboxylic acids is 3. The Morgan fingerprint density at radius 3 is 2.06 bits per heavy atom. The third kappa shape index (κ3) is 6.43. The van der Waals surface area contributed by atoms with Gasteiger partial charge in [0.05, 0.1) is 22.9 Å². The van der Waals surface area contributed by atoms with Crippen molar-refractivity contribution in [1.82, 2.24) is 9.88 Å². The summed E-state index contributed by atoms with van der Waals surface area (Å²) in [6, 6.07) is 2.98. The highest BCUT2D eigenvalue weighted by atomic mass is 16.6. The molecule has 2 amide bonds. The fourth-order valence-corrected chi connectivity index (χ4v) is 3.12. The highest BCUT2D eigenvalue weighted by Crippen LogP contribution is 2.30.